The van der Waals surface area contributed by atoms with Gasteiger partial charge in [0.15, 0.2) is 11.0 Å². The lowest BCUT2D eigenvalue weighted by molar-refractivity contribution is -0.144. The van der Waals surface area contributed by atoms with Crippen molar-refractivity contribution in [3.8, 4) is 11.4 Å². The molecule has 0 aliphatic carbocycles. The number of ether oxygens (including phenoxy) is 1. The number of halogens is 1. The molecule has 0 spiro atoms. The van der Waals surface area contributed by atoms with E-state index >= 15 is 0 Å². The molecule has 5 nitrogen and oxygen atoms in total. The second-order valence-corrected chi connectivity index (χ2v) is 6.26. The summed E-state index contributed by atoms with van der Waals surface area (Å²) in [5.74, 6) is 0.731. The quantitative estimate of drug-likeness (QED) is 0.593. The van der Waals surface area contributed by atoms with Crippen molar-refractivity contribution < 1.29 is 9.53 Å². The molecule has 0 fully saturated rings. The van der Waals surface area contributed by atoms with Crippen LogP contribution < -0.4 is 0 Å². The zero-order valence-corrected chi connectivity index (χ0v) is 14.3. The lowest BCUT2D eigenvalue weighted by Gasteiger charge is -2.09. The molecule has 1 aromatic carbocycles. The second-order valence-electron chi connectivity index (χ2n) is 4.88. The van der Waals surface area contributed by atoms with Crippen molar-refractivity contribution in [3.05, 3.63) is 29.3 Å². The molecule has 0 atom stereocenters. The van der Waals surface area contributed by atoms with Gasteiger partial charge in [-0.25, -0.2) is 0 Å². The summed E-state index contributed by atoms with van der Waals surface area (Å²) < 4.78 is 7.09. The van der Waals surface area contributed by atoms with Gasteiger partial charge in [-0.2, -0.15) is 0 Å². The third-order valence-electron chi connectivity index (χ3n) is 2.82. The lowest BCUT2D eigenvalue weighted by Crippen LogP contribution is -2.13. The van der Waals surface area contributed by atoms with Crippen LogP contribution in [0.5, 0.6) is 0 Å². The van der Waals surface area contributed by atoms with Gasteiger partial charge >= 0.3 is 5.97 Å². The number of rotatable bonds is 6. The molecule has 0 saturated heterocycles. The van der Waals surface area contributed by atoms with E-state index in [9.17, 15) is 4.79 Å². The largest absolute Gasteiger partial charge is 0.462 e. The van der Waals surface area contributed by atoms with Crippen LogP contribution in [0, 0.1) is 0 Å². The minimum atomic E-state index is -0.251. The summed E-state index contributed by atoms with van der Waals surface area (Å²) in [4.78, 5) is 11.6. The van der Waals surface area contributed by atoms with E-state index in [1.54, 1.807) is 0 Å². The average Bonchev–Trinajstić information content (AvgIpc) is 2.88. The highest BCUT2D eigenvalue weighted by Gasteiger charge is 2.15. The molecule has 118 valence electrons. The topological polar surface area (TPSA) is 57.0 Å². The molecule has 0 bridgehead atoms. The summed E-state index contributed by atoms with van der Waals surface area (Å²) in [5.41, 5.74) is 0.940. The van der Waals surface area contributed by atoms with Gasteiger partial charge in [-0.3, -0.25) is 4.79 Å². The maximum atomic E-state index is 11.6. The van der Waals surface area contributed by atoms with Crippen molar-refractivity contribution >= 4 is 29.3 Å². The molecule has 2 rings (SSSR count). The molecule has 2 aromatic rings. The Balaban J connectivity index is 2.14. The van der Waals surface area contributed by atoms with E-state index in [1.165, 1.54) is 11.8 Å². The lowest BCUT2D eigenvalue weighted by atomic mass is 10.2. The standard InChI is InChI=1S/C15H18ClN3O2S/c1-4-19-14(11-5-7-12(16)8-6-11)17-18-15(19)22-9-13(20)21-10(2)3/h5-8,10H,4,9H2,1-3H3. The predicted molar refractivity (Wildman–Crippen MR) is 88.1 cm³/mol. The van der Waals surface area contributed by atoms with Gasteiger partial charge in [0, 0.05) is 17.1 Å². The van der Waals surface area contributed by atoms with Crippen LogP contribution in [0.1, 0.15) is 20.8 Å². The first-order valence-corrected chi connectivity index (χ1v) is 8.39. The number of thioether (sulfide) groups is 1. The van der Waals surface area contributed by atoms with Gasteiger partial charge in [-0.05, 0) is 45.0 Å². The smallest absolute Gasteiger partial charge is 0.316 e. The third-order valence-corrected chi connectivity index (χ3v) is 4.01. The van der Waals surface area contributed by atoms with Crippen LogP contribution in [0.4, 0.5) is 0 Å². The summed E-state index contributed by atoms with van der Waals surface area (Å²) in [5, 5.41) is 9.77. The number of nitrogens with zero attached hydrogens (tertiary/aromatic N) is 3. The summed E-state index contributed by atoms with van der Waals surface area (Å²) >= 11 is 7.23. The zero-order valence-electron chi connectivity index (χ0n) is 12.7. The van der Waals surface area contributed by atoms with Gasteiger partial charge < -0.3 is 9.30 Å². The van der Waals surface area contributed by atoms with E-state index in [1.807, 2.05) is 49.6 Å². The number of carbonyl (C=O) groups is 1. The van der Waals surface area contributed by atoms with Gasteiger partial charge in [0.05, 0.1) is 11.9 Å². The highest BCUT2D eigenvalue weighted by Crippen LogP contribution is 2.25. The monoisotopic (exact) mass is 339 g/mol. The van der Waals surface area contributed by atoms with Crippen molar-refractivity contribution in [3.63, 3.8) is 0 Å². The Morgan fingerprint density at radius 2 is 2.00 bits per heavy atom. The minimum absolute atomic E-state index is 0.109. The molecule has 1 heterocycles. The highest BCUT2D eigenvalue weighted by atomic mass is 35.5. The number of hydrogen-bond acceptors (Lipinski definition) is 5. The fourth-order valence-electron chi connectivity index (χ4n) is 1.91. The SMILES string of the molecule is CCn1c(SCC(=O)OC(C)C)nnc1-c1ccc(Cl)cc1. The van der Waals surface area contributed by atoms with Gasteiger partial charge in [0.25, 0.3) is 0 Å². The van der Waals surface area contributed by atoms with Crippen molar-refractivity contribution in [1.82, 2.24) is 14.8 Å². The number of esters is 1. The molecule has 22 heavy (non-hydrogen) atoms. The number of aromatic nitrogens is 3. The van der Waals surface area contributed by atoms with Crippen LogP contribution in [-0.4, -0.2) is 32.6 Å². The fourth-order valence-corrected chi connectivity index (χ4v) is 2.82. The van der Waals surface area contributed by atoms with Gasteiger partial charge in [-0.1, -0.05) is 23.4 Å². The number of carbonyl (C=O) groups excluding carboxylic acids is 1. The Bertz CT molecular complexity index is 641. The molecule has 7 heteroatoms. The Hall–Kier alpha value is -1.53. The Morgan fingerprint density at radius 1 is 1.32 bits per heavy atom. The van der Waals surface area contributed by atoms with E-state index in [2.05, 4.69) is 10.2 Å². The molecule has 0 N–H and O–H groups in total. The van der Waals surface area contributed by atoms with Crippen molar-refractivity contribution in [1.29, 1.82) is 0 Å². The minimum Gasteiger partial charge on any atom is -0.462 e. The molecule has 0 aliphatic rings. The Morgan fingerprint density at radius 3 is 2.59 bits per heavy atom. The summed E-state index contributed by atoms with van der Waals surface area (Å²) in [6.07, 6.45) is -0.109. The van der Waals surface area contributed by atoms with Crippen LogP contribution >= 0.6 is 23.4 Å². The van der Waals surface area contributed by atoms with Crippen molar-refractivity contribution in [2.75, 3.05) is 5.75 Å². The first kappa shape index (κ1) is 16.8. The zero-order chi connectivity index (χ0) is 16.1. The van der Waals surface area contributed by atoms with Crippen LogP contribution in [0.15, 0.2) is 29.4 Å². The third kappa shape index (κ3) is 4.24. The molecular formula is C15H18ClN3O2S. The first-order chi connectivity index (χ1) is 10.5. The highest BCUT2D eigenvalue weighted by molar-refractivity contribution is 7.99. The van der Waals surface area contributed by atoms with Gasteiger partial charge in [-0.15, -0.1) is 10.2 Å². The molecule has 0 aliphatic heterocycles. The van der Waals surface area contributed by atoms with Crippen LogP contribution in [-0.2, 0) is 16.1 Å². The summed E-state index contributed by atoms with van der Waals surface area (Å²) in [6, 6.07) is 7.44. The summed E-state index contributed by atoms with van der Waals surface area (Å²) in [7, 11) is 0. The molecular weight excluding hydrogens is 322 g/mol. The van der Waals surface area contributed by atoms with Crippen molar-refractivity contribution in [2.24, 2.45) is 0 Å². The predicted octanol–water partition coefficient (Wildman–Crippen LogP) is 3.66. The molecule has 1 aromatic heterocycles. The van der Waals surface area contributed by atoms with Crippen LogP contribution in [0.25, 0.3) is 11.4 Å². The van der Waals surface area contributed by atoms with E-state index < -0.39 is 0 Å². The van der Waals surface area contributed by atoms with E-state index in [0.717, 1.165) is 11.4 Å². The van der Waals surface area contributed by atoms with E-state index in [4.69, 9.17) is 16.3 Å². The maximum absolute atomic E-state index is 11.6. The molecule has 0 amide bonds. The average molecular weight is 340 g/mol. The number of hydrogen-bond donors (Lipinski definition) is 0. The fraction of sp³-hybridized carbons (Fsp3) is 0.400. The molecule has 0 radical (unpaired) electrons. The number of benzene rings is 1. The Labute approximate surface area is 139 Å². The van der Waals surface area contributed by atoms with Gasteiger partial charge in [0.1, 0.15) is 0 Å². The van der Waals surface area contributed by atoms with Crippen molar-refractivity contribution in [2.45, 2.75) is 38.6 Å². The second kappa shape index (κ2) is 7.65. The van der Waals surface area contributed by atoms with E-state index in [0.29, 0.717) is 16.7 Å². The first-order valence-electron chi connectivity index (χ1n) is 7.02. The van der Waals surface area contributed by atoms with Crippen LogP contribution in [0.2, 0.25) is 5.02 Å². The maximum Gasteiger partial charge on any atom is 0.316 e. The van der Waals surface area contributed by atoms with E-state index in [-0.39, 0.29) is 17.8 Å². The van der Waals surface area contributed by atoms with Gasteiger partial charge in [0.2, 0.25) is 0 Å². The Kier molecular flexibility index (Phi) is 5.85. The van der Waals surface area contributed by atoms with Crippen LogP contribution in [0.3, 0.4) is 0 Å². The summed E-state index contributed by atoms with van der Waals surface area (Å²) in [6.45, 7) is 6.39. The molecule has 0 unspecified atom stereocenters. The molecule has 0 saturated carbocycles. The normalized spacial score (nSPS) is 11.0.